The summed E-state index contributed by atoms with van der Waals surface area (Å²) < 4.78 is 30.7. The van der Waals surface area contributed by atoms with Crippen LogP contribution in [0.2, 0.25) is 10.0 Å². The highest BCUT2D eigenvalue weighted by molar-refractivity contribution is 7.89. The highest BCUT2D eigenvalue weighted by Crippen LogP contribution is 2.29. The van der Waals surface area contributed by atoms with Crippen LogP contribution in [0, 0.1) is 0 Å². The topological polar surface area (TPSA) is 75.7 Å². The molecule has 0 spiro atoms. The molecule has 0 radical (unpaired) electrons. The number of carbonyl (C=O) groups is 1. The molecular weight excluding hydrogens is 387 g/mol. The van der Waals surface area contributed by atoms with Gasteiger partial charge in [-0.2, -0.15) is 0 Å². The average Bonchev–Trinajstić information content (AvgIpc) is 2.55. The molecule has 0 atom stereocenters. The number of anilines is 1. The normalized spacial score (nSPS) is 11.4. The molecule has 134 valence electrons. The number of ether oxygens (including phenoxy) is 1. The predicted molar refractivity (Wildman–Crippen MR) is 98.3 cm³/mol. The van der Waals surface area contributed by atoms with Gasteiger partial charge in [0, 0.05) is 19.1 Å². The third-order valence-corrected chi connectivity index (χ3v) is 5.75. The molecule has 0 aliphatic heterocycles. The lowest BCUT2D eigenvalue weighted by molar-refractivity contribution is 0.102. The summed E-state index contributed by atoms with van der Waals surface area (Å²) in [7, 11) is 0.568. The maximum atomic E-state index is 12.6. The number of rotatable bonds is 5. The van der Waals surface area contributed by atoms with Crippen molar-refractivity contribution in [2.45, 2.75) is 4.90 Å². The van der Waals surface area contributed by atoms with Crippen LogP contribution in [0.15, 0.2) is 41.3 Å². The Labute approximate surface area is 156 Å². The Balaban J connectivity index is 2.42. The molecule has 0 saturated carbocycles. The van der Waals surface area contributed by atoms with E-state index in [1.165, 1.54) is 45.5 Å². The van der Waals surface area contributed by atoms with Crippen LogP contribution in [-0.2, 0) is 10.0 Å². The number of methoxy groups -OCH3 is 1. The standard InChI is InChI=1S/C16H16Cl2N2O4S/c1-20(2)25(22,23)11-5-6-13(18)12(9-11)16(21)19-14-8-10(17)4-7-15(14)24-3/h4-9H,1-3H3,(H,19,21). The largest absolute Gasteiger partial charge is 0.495 e. The predicted octanol–water partition coefficient (Wildman–Crippen LogP) is 3.50. The molecule has 2 rings (SSSR count). The van der Waals surface area contributed by atoms with Gasteiger partial charge in [0.05, 0.1) is 28.3 Å². The SMILES string of the molecule is COc1ccc(Cl)cc1NC(=O)c1cc(S(=O)(=O)N(C)C)ccc1Cl. The van der Waals surface area contributed by atoms with Gasteiger partial charge in [0.2, 0.25) is 10.0 Å². The summed E-state index contributed by atoms with van der Waals surface area (Å²) in [6.45, 7) is 0. The summed E-state index contributed by atoms with van der Waals surface area (Å²) in [5.41, 5.74) is 0.364. The Morgan fingerprint density at radius 3 is 2.40 bits per heavy atom. The van der Waals surface area contributed by atoms with Crippen molar-refractivity contribution < 1.29 is 17.9 Å². The summed E-state index contributed by atoms with van der Waals surface area (Å²) in [6, 6.07) is 8.67. The van der Waals surface area contributed by atoms with Gasteiger partial charge < -0.3 is 10.1 Å². The van der Waals surface area contributed by atoms with Crippen LogP contribution in [0.5, 0.6) is 5.75 Å². The second-order valence-corrected chi connectivity index (χ2v) is 8.22. The van der Waals surface area contributed by atoms with E-state index < -0.39 is 15.9 Å². The molecular formula is C16H16Cl2N2O4S. The first kappa shape index (κ1) is 19.5. The molecule has 0 unspecified atom stereocenters. The van der Waals surface area contributed by atoms with Crippen molar-refractivity contribution in [2.24, 2.45) is 0 Å². The lowest BCUT2D eigenvalue weighted by Gasteiger charge is -2.14. The van der Waals surface area contributed by atoms with Gasteiger partial charge in [0.15, 0.2) is 0 Å². The minimum Gasteiger partial charge on any atom is -0.495 e. The maximum absolute atomic E-state index is 12.6. The smallest absolute Gasteiger partial charge is 0.257 e. The summed E-state index contributed by atoms with van der Waals surface area (Å²) in [5, 5.41) is 3.16. The van der Waals surface area contributed by atoms with Crippen LogP contribution in [0.3, 0.4) is 0 Å². The minimum atomic E-state index is -3.69. The van der Waals surface area contributed by atoms with Crippen LogP contribution >= 0.6 is 23.2 Å². The third-order valence-electron chi connectivity index (χ3n) is 3.37. The van der Waals surface area contributed by atoms with Gasteiger partial charge in [-0.1, -0.05) is 23.2 Å². The van der Waals surface area contributed by atoms with Gasteiger partial charge in [-0.25, -0.2) is 12.7 Å². The highest BCUT2D eigenvalue weighted by Gasteiger charge is 2.21. The number of hydrogen-bond donors (Lipinski definition) is 1. The number of nitrogens with zero attached hydrogens (tertiary/aromatic N) is 1. The Morgan fingerprint density at radius 1 is 1.12 bits per heavy atom. The molecule has 6 nitrogen and oxygen atoms in total. The molecule has 0 heterocycles. The quantitative estimate of drug-likeness (QED) is 0.829. The second kappa shape index (κ2) is 7.61. The van der Waals surface area contributed by atoms with Crippen LogP contribution in [0.25, 0.3) is 0 Å². The Kier molecular flexibility index (Phi) is 5.95. The number of carbonyl (C=O) groups excluding carboxylic acids is 1. The van der Waals surface area contributed by atoms with E-state index >= 15 is 0 Å². The number of benzene rings is 2. The third kappa shape index (κ3) is 4.24. The van der Waals surface area contributed by atoms with Crippen molar-refractivity contribution in [3.05, 3.63) is 52.0 Å². The number of halogens is 2. The van der Waals surface area contributed by atoms with Crippen LogP contribution in [0.4, 0.5) is 5.69 Å². The monoisotopic (exact) mass is 402 g/mol. The van der Waals surface area contributed by atoms with E-state index in [4.69, 9.17) is 27.9 Å². The molecule has 1 N–H and O–H groups in total. The fourth-order valence-corrected chi connectivity index (χ4v) is 3.32. The lowest BCUT2D eigenvalue weighted by Crippen LogP contribution is -2.23. The van der Waals surface area contributed by atoms with Crippen molar-refractivity contribution in [3.63, 3.8) is 0 Å². The van der Waals surface area contributed by atoms with Gasteiger partial charge in [-0.3, -0.25) is 4.79 Å². The van der Waals surface area contributed by atoms with E-state index in [-0.39, 0.29) is 15.5 Å². The van der Waals surface area contributed by atoms with Crippen molar-refractivity contribution in [1.29, 1.82) is 0 Å². The number of sulfonamides is 1. The first-order valence-electron chi connectivity index (χ1n) is 7.03. The molecule has 0 aliphatic carbocycles. The summed E-state index contributed by atoms with van der Waals surface area (Å²) in [4.78, 5) is 12.5. The number of nitrogens with one attached hydrogen (secondary N) is 1. The molecule has 2 aromatic carbocycles. The van der Waals surface area contributed by atoms with E-state index in [0.29, 0.717) is 16.5 Å². The van der Waals surface area contributed by atoms with Crippen LogP contribution in [-0.4, -0.2) is 39.8 Å². The van der Waals surface area contributed by atoms with Gasteiger partial charge in [-0.05, 0) is 36.4 Å². The van der Waals surface area contributed by atoms with Crippen molar-refractivity contribution >= 4 is 44.8 Å². The van der Waals surface area contributed by atoms with E-state index in [1.807, 2.05) is 0 Å². The van der Waals surface area contributed by atoms with E-state index in [0.717, 1.165) is 4.31 Å². The molecule has 0 bridgehead atoms. The van der Waals surface area contributed by atoms with Gasteiger partial charge in [0.25, 0.3) is 5.91 Å². The Hall–Kier alpha value is -1.80. The molecule has 25 heavy (non-hydrogen) atoms. The lowest BCUT2D eigenvalue weighted by atomic mass is 10.2. The second-order valence-electron chi connectivity index (χ2n) is 5.23. The fraction of sp³-hybridized carbons (Fsp3) is 0.188. The van der Waals surface area contributed by atoms with Crippen molar-refractivity contribution in [1.82, 2.24) is 4.31 Å². The molecule has 1 amide bonds. The molecule has 9 heteroatoms. The van der Waals surface area contributed by atoms with Gasteiger partial charge in [0.1, 0.15) is 5.75 Å². The Bertz CT molecular complexity index is 914. The van der Waals surface area contributed by atoms with E-state index in [2.05, 4.69) is 5.32 Å². The summed E-state index contributed by atoms with van der Waals surface area (Å²) in [6.07, 6.45) is 0. The van der Waals surface area contributed by atoms with Crippen LogP contribution < -0.4 is 10.1 Å². The zero-order valence-corrected chi connectivity index (χ0v) is 16.0. The van der Waals surface area contributed by atoms with Crippen LogP contribution in [0.1, 0.15) is 10.4 Å². The van der Waals surface area contributed by atoms with Crippen molar-refractivity contribution in [3.8, 4) is 5.75 Å². The minimum absolute atomic E-state index is 0.0200. The molecule has 0 aromatic heterocycles. The molecule has 2 aromatic rings. The van der Waals surface area contributed by atoms with E-state index in [9.17, 15) is 13.2 Å². The summed E-state index contributed by atoms with van der Waals surface area (Å²) >= 11 is 12.0. The zero-order chi connectivity index (χ0) is 18.8. The number of hydrogen-bond acceptors (Lipinski definition) is 4. The maximum Gasteiger partial charge on any atom is 0.257 e. The molecule has 0 saturated heterocycles. The first-order chi connectivity index (χ1) is 11.7. The van der Waals surface area contributed by atoms with Gasteiger partial charge in [-0.15, -0.1) is 0 Å². The fourth-order valence-electron chi connectivity index (χ4n) is 2.02. The van der Waals surface area contributed by atoms with Crippen molar-refractivity contribution in [2.75, 3.05) is 26.5 Å². The molecule has 0 aliphatic rings. The zero-order valence-electron chi connectivity index (χ0n) is 13.7. The molecule has 0 fully saturated rings. The summed E-state index contributed by atoms with van der Waals surface area (Å²) in [5.74, 6) is -0.174. The van der Waals surface area contributed by atoms with Gasteiger partial charge >= 0.3 is 0 Å². The highest BCUT2D eigenvalue weighted by atomic mass is 35.5. The first-order valence-corrected chi connectivity index (χ1v) is 9.23. The number of amides is 1. The average molecular weight is 403 g/mol. The Morgan fingerprint density at radius 2 is 1.80 bits per heavy atom. The van der Waals surface area contributed by atoms with E-state index in [1.54, 1.807) is 12.1 Å².